The largest absolute Gasteiger partial charge is 0.361 e. The molecule has 3 aromatic rings. The SMILES string of the molecule is N#CC(NCc1ccc(Cl)cc1)c1c[nH]c2ccccc12. The molecule has 3 nitrogen and oxygen atoms in total. The van der Waals surface area contributed by atoms with Crippen LogP contribution in [0.4, 0.5) is 0 Å². The Morgan fingerprint density at radius 2 is 1.90 bits per heavy atom. The first kappa shape index (κ1) is 13.7. The predicted octanol–water partition coefficient (Wildman–Crippen LogP) is 4.18. The summed E-state index contributed by atoms with van der Waals surface area (Å²) in [5.41, 5.74) is 3.11. The number of H-pyrrole nitrogens is 1. The summed E-state index contributed by atoms with van der Waals surface area (Å²) in [7, 11) is 0. The van der Waals surface area contributed by atoms with Gasteiger partial charge in [0.1, 0.15) is 6.04 Å². The van der Waals surface area contributed by atoms with Crippen LogP contribution < -0.4 is 5.32 Å². The molecule has 0 amide bonds. The van der Waals surface area contributed by atoms with Crippen molar-refractivity contribution in [2.45, 2.75) is 12.6 Å². The lowest BCUT2D eigenvalue weighted by Gasteiger charge is -2.11. The third kappa shape index (κ3) is 2.92. The molecule has 1 atom stereocenters. The molecule has 104 valence electrons. The van der Waals surface area contributed by atoms with Crippen LogP contribution in [0.5, 0.6) is 0 Å². The van der Waals surface area contributed by atoms with E-state index >= 15 is 0 Å². The van der Waals surface area contributed by atoms with Crippen molar-refractivity contribution < 1.29 is 0 Å². The molecule has 0 saturated carbocycles. The quantitative estimate of drug-likeness (QED) is 0.759. The van der Waals surface area contributed by atoms with Crippen LogP contribution in [0.15, 0.2) is 54.7 Å². The summed E-state index contributed by atoms with van der Waals surface area (Å²) in [6, 6.07) is 17.6. The number of halogens is 1. The second-order valence-electron chi connectivity index (χ2n) is 4.86. The highest BCUT2D eigenvalue weighted by atomic mass is 35.5. The third-order valence-corrected chi connectivity index (χ3v) is 3.74. The normalized spacial score (nSPS) is 12.2. The van der Waals surface area contributed by atoms with Crippen LogP contribution in [0.3, 0.4) is 0 Å². The maximum Gasteiger partial charge on any atom is 0.123 e. The summed E-state index contributed by atoms with van der Waals surface area (Å²) in [6.45, 7) is 0.620. The Kier molecular flexibility index (Phi) is 3.92. The lowest BCUT2D eigenvalue weighted by Crippen LogP contribution is -2.19. The molecule has 1 heterocycles. The number of para-hydroxylation sites is 1. The fraction of sp³-hybridized carbons (Fsp3) is 0.118. The molecule has 0 saturated heterocycles. The average molecular weight is 296 g/mol. The average Bonchev–Trinajstić information content (AvgIpc) is 2.94. The minimum Gasteiger partial charge on any atom is -0.361 e. The van der Waals surface area contributed by atoms with Crippen molar-refractivity contribution in [3.8, 4) is 6.07 Å². The summed E-state index contributed by atoms with van der Waals surface area (Å²) < 4.78 is 0. The van der Waals surface area contributed by atoms with Gasteiger partial charge in [-0.3, -0.25) is 5.32 Å². The van der Waals surface area contributed by atoms with Gasteiger partial charge in [-0.1, -0.05) is 41.9 Å². The van der Waals surface area contributed by atoms with Crippen LogP contribution in [0.25, 0.3) is 10.9 Å². The first-order valence-corrected chi connectivity index (χ1v) is 7.09. The van der Waals surface area contributed by atoms with E-state index in [-0.39, 0.29) is 6.04 Å². The van der Waals surface area contributed by atoms with Crippen molar-refractivity contribution >= 4 is 22.5 Å². The number of nitriles is 1. The van der Waals surface area contributed by atoms with E-state index in [9.17, 15) is 5.26 Å². The lowest BCUT2D eigenvalue weighted by molar-refractivity contribution is 0.634. The highest BCUT2D eigenvalue weighted by molar-refractivity contribution is 6.30. The van der Waals surface area contributed by atoms with Crippen LogP contribution >= 0.6 is 11.6 Å². The number of aromatic nitrogens is 1. The Bertz CT molecular complexity index is 784. The van der Waals surface area contributed by atoms with Crippen LogP contribution in [0.2, 0.25) is 5.02 Å². The Hall–Kier alpha value is -2.28. The fourth-order valence-electron chi connectivity index (χ4n) is 2.38. The molecule has 3 rings (SSSR count). The minimum atomic E-state index is -0.350. The number of nitrogens with zero attached hydrogens (tertiary/aromatic N) is 1. The highest BCUT2D eigenvalue weighted by Gasteiger charge is 2.14. The van der Waals surface area contributed by atoms with Gasteiger partial charge in [-0.05, 0) is 23.8 Å². The standard InChI is InChI=1S/C17H14ClN3/c18-13-7-5-12(6-8-13)10-20-17(9-19)15-11-21-16-4-2-1-3-14(15)16/h1-8,11,17,20-21H,10H2. The van der Waals surface area contributed by atoms with Gasteiger partial charge in [0.05, 0.1) is 6.07 Å². The second kappa shape index (κ2) is 6.01. The van der Waals surface area contributed by atoms with Crippen LogP contribution in [0.1, 0.15) is 17.2 Å². The summed E-state index contributed by atoms with van der Waals surface area (Å²) in [5.74, 6) is 0. The fourth-order valence-corrected chi connectivity index (χ4v) is 2.51. The smallest absolute Gasteiger partial charge is 0.123 e. The van der Waals surface area contributed by atoms with Gasteiger partial charge in [0.25, 0.3) is 0 Å². The van der Waals surface area contributed by atoms with E-state index < -0.39 is 0 Å². The first-order chi connectivity index (χ1) is 10.3. The molecule has 2 aromatic carbocycles. The molecule has 21 heavy (non-hydrogen) atoms. The predicted molar refractivity (Wildman–Crippen MR) is 84.9 cm³/mol. The number of aromatic amines is 1. The molecule has 0 bridgehead atoms. The summed E-state index contributed by atoms with van der Waals surface area (Å²) >= 11 is 5.87. The minimum absolute atomic E-state index is 0.350. The molecule has 0 fully saturated rings. The van der Waals surface area contributed by atoms with E-state index in [1.807, 2.05) is 54.7 Å². The third-order valence-electron chi connectivity index (χ3n) is 3.48. The zero-order valence-corrected chi connectivity index (χ0v) is 12.1. The van der Waals surface area contributed by atoms with Crippen LogP contribution in [-0.4, -0.2) is 4.98 Å². The molecule has 2 N–H and O–H groups in total. The Balaban J connectivity index is 1.79. The number of fused-ring (bicyclic) bond motifs is 1. The summed E-state index contributed by atoms with van der Waals surface area (Å²) in [5, 5.41) is 14.5. The van der Waals surface area contributed by atoms with Crippen molar-refractivity contribution in [3.63, 3.8) is 0 Å². The van der Waals surface area contributed by atoms with Crippen molar-refractivity contribution in [1.82, 2.24) is 10.3 Å². The Labute approximate surface area is 128 Å². The Morgan fingerprint density at radius 1 is 1.14 bits per heavy atom. The lowest BCUT2D eigenvalue weighted by atomic mass is 10.1. The molecule has 1 aromatic heterocycles. The molecule has 0 aliphatic heterocycles. The second-order valence-corrected chi connectivity index (χ2v) is 5.30. The van der Waals surface area contributed by atoms with Crippen LogP contribution in [-0.2, 0) is 6.54 Å². The van der Waals surface area contributed by atoms with E-state index in [1.54, 1.807) is 0 Å². The molecule has 0 spiro atoms. The molecular formula is C17H14ClN3. The molecule has 0 aliphatic rings. The van der Waals surface area contributed by atoms with E-state index in [1.165, 1.54) is 0 Å². The van der Waals surface area contributed by atoms with E-state index in [2.05, 4.69) is 16.4 Å². The van der Waals surface area contributed by atoms with Gasteiger partial charge >= 0.3 is 0 Å². The zero-order valence-electron chi connectivity index (χ0n) is 11.3. The van der Waals surface area contributed by atoms with Gasteiger partial charge in [0.15, 0.2) is 0 Å². The van der Waals surface area contributed by atoms with Crippen molar-refractivity contribution in [1.29, 1.82) is 5.26 Å². The molecule has 1 unspecified atom stereocenters. The number of benzene rings is 2. The van der Waals surface area contributed by atoms with Gasteiger partial charge in [0, 0.05) is 34.2 Å². The summed E-state index contributed by atoms with van der Waals surface area (Å²) in [4.78, 5) is 3.20. The van der Waals surface area contributed by atoms with Crippen LogP contribution in [0, 0.1) is 11.3 Å². The van der Waals surface area contributed by atoms with E-state index in [4.69, 9.17) is 11.6 Å². The van der Waals surface area contributed by atoms with Gasteiger partial charge in [-0.2, -0.15) is 5.26 Å². The van der Waals surface area contributed by atoms with Crippen molar-refractivity contribution in [2.75, 3.05) is 0 Å². The van der Waals surface area contributed by atoms with Gasteiger partial charge in [-0.15, -0.1) is 0 Å². The summed E-state index contributed by atoms with van der Waals surface area (Å²) in [6.07, 6.45) is 1.90. The molecule has 0 aliphatic carbocycles. The van der Waals surface area contributed by atoms with E-state index in [0.717, 1.165) is 22.0 Å². The van der Waals surface area contributed by atoms with Gasteiger partial charge < -0.3 is 4.98 Å². The monoisotopic (exact) mass is 295 g/mol. The van der Waals surface area contributed by atoms with Crippen molar-refractivity contribution in [2.24, 2.45) is 0 Å². The van der Waals surface area contributed by atoms with E-state index in [0.29, 0.717) is 11.6 Å². The molecule has 4 heteroatoms. The van der Waals surface area contributed by atoms with Crippen molar-refractivity contribution in [3.05, 3.63) is 70.9 Å². The zero-order chi connectivity index (χ0) is 14.7. The van der Waals surface area contributed by atoms with Gasteiger partial charge in [-0.25, -0.2) is 0 Å². The first-order valence-electron chi connectivity index (χ1n) is 6.71. The number of hydrogen-bond donors (Lipinski definition) is 2. The number of rotatable bonds is 4. The topological polar surface area (TPSA) is 51.6 Å². The molecule has 0 radical (unpaired) electrons. The molecular weight excluding hydrogens is 282 g/mol. The van der Waals surface area contributed by atoms with Gasteiger partial charge in [0.2, 0.25) is 0 Å². The highest BCUT2D eigenvalue weighted by Crippen LogP contribution is 2.24. The Morgan fingerprint density at radius 3 is 2.67 bits per heavy atom. The maximum atomic E-state index is 9.43. The number of nitrogens with one attached hydrogen (secondary N) is 2. The maximum absolute atomic E-state index is 9.43. The number of hydrogen-bond acceptors (Lipinski definition) is 2.